The molecule has 0 heterocycles. The minimum Gasteiger partial charge on any atom is -0.354 e. The molecule has 1 aromatic carbocycles. The Morgan fingerprint density at radius 3 is 2.78 bits per heavy atom. The van der Waals surface area contributed by atoms with Crippen molar-refractivity contribution in [3.05, 3.63) is 34.3 Å². The molecule has 0 radical (unpaired) electrons. The second kappa shape index (κ2) is 5.41. The predicted octanol–water partition coefficient (Wildman–Crippen LogP) is 2.33. The summed E-state index contributed by atoms with van der Waals surface area (Å²) in [7, 11) is 0. The van der Waals surface area contributed by atoms with Crippen LogP contribution < -0.4 is 11.1 Å². The summed E-state index contributed by atoms with van der Waals surface area (Å²) in [6.45, 7) is 2.39. The number of hydrogen-bond acceptors (Lipinski definition) is 2. The van der Waals surface area contributed by atoms with E-state index in [0.29, 0.717) is 6.54 Å². The number of carbonyl (C=O) groups is 1. The number of rotatable bonds is 4. The summed E-state index contributed by atoms with van der Waals surface area (Å²) in [5, 5.41) is 2.96. The standard InChI is InChI=1S/C14H19BrN2O/c1-10(16)13(18)17-9-14(6-3-7-14)11-4-2-5-12(15)8-11/h2,4-5,8,10H,3,6-7,9,16H2,1H3,(H,17,18)/t10-/m1/s1. The van der Waals surface area contributed by atoms with Gasteiger partial charge in [0.25, 0.3) is 0 Å². The zero-order valence-corrected chi connectivity index (χ0v) is 12.2. The molecule has 0 unspecified atom stereocenters. The third-order valence-electron chi connectivity index (χ3n) is 3.76. The van der Waals surface area contributed by atoms with Gasteiger partial charge < -0.3 is 11.1 Å². The molecule has 1 atom stereocenters. The fourth-order valence-electron chi connectivity index (χ4n) is 2.41. The second-order valence-corrected chi connectivity index (χ2v) is 6.07. The Kier molecular flexibility index (Phi) is 4.07. The summed E-state index contributed by atoms with van der Waals surface area (Å²) >= 11 is 3.50. The molecule has 1 aliphatic rings. The van der Waals surface area contributed by atoms with E-state index in [1.54, 1.807) is 6.92 Å². The number of carbonyl (C=O) groups excluding carboxylic acids is 1. The van der Waals surface area contributed by atoms with Crippen molar-refractivity contribution >= 4 is 21.8 Å². The van der Waals surface area contributed by atoms with Crippen molar-refractivity contribution in [2.24, 2.45) is 5.73 Å². The number of nitrogens with one attached hydrogen (secondary N) is 1. The Labute approximate surface area is 116 Å². The number of amides is 1. The first-order chi connectivity index (χ1) is 8.53. The summed E-state index contributed by atoms with van der Waals surface area (Å²) in [6.07, 6.45) is 3.48. The van der Waals surface area contributed by atoms with E-state index < -0.39 is 6.04 Å². The monoisotopic (exact) mass is 310 g/mol. The first-order valence-electron chi connectivity index (χ1n) is 6.33. The molecule has 1 aliphatic carbocycles. The summed E-state index contributed by atoms with van der Waals surface area (Å²) in [4.78, 5) is 11.6. The van der Waals surface area contributed by atoms with Crippen LogP contribution in [0.4, 0.5) is 0 Å². The summed E-state index contributed by atoms with van der Waals surface area (Å²) in [5.41, 5.74) is 6.97. The average Bonchev–Trinajstić information content (AvgIpc) is 2.27. The van der Waals surface area contributed by atoms with Gasteiger partial charge in [-0.05, 0) is 37.5 Å². The van der Waals surface area contributed by atoms with Gasteiger partial charge in [-0.1, -0.05) is 34.5 Å². The minimum absolute atomic E-state index is 0.0729. The van der Waals surface area contributed by atoms with Crippen LogP contribution in [0, 0.1) is 0 Å². The van der Waals surface area contributed by atoms with Crippen LogP contribution in [-0.4, -0.2) is 18.5 Å². The first kappa shape index (κ1) is 13.6. The highest BCUT2D eigenvalue weighted by Gasteiger charge is 2.39. The van der Waals surface area contributed by atoms with Crippen LogP contribution in [0.25, 0.3) is 0 Å². The molecular weight excluding hydrogens is 292 g/mol. The molecule has 1 amide bonds. The molecule has 18 heavy (non-hydrogen) atoms. The Morgan fingerprint density at radius 2 is 2.28 bits per heavy atom. The quantitative estimate of drug-likeness (QED) is 0.897. The maximum absolute atomic E-state index is 11.6. The van der Waals surface area contributed by atoms with Crippen molar-refractivity contribution in [2.45, 2.75) is 37.6 Å². The highest BCUT2D eigenvalue weighted by molar-refractivity contribution is 9.10. The number of benzene rings is 1. The molecule has 0 bridgehead atoms. The van der Waals surface area contributed by atoms with E-state index in [9.17, 15) is 4.79 Å². The third-order valence-corrected chi connectivity index (χ3v) is 4.26. The Morgan fingerprint density at radius 1 is 1.56 bits per heavy atom. The normalized spacial score (nSPS) is 18.8. The van der Waals surface area contributed by atoms with Crippen molar-refractivity contribution in [2.75, 3.05) is 6.54 Å². The molecule has 3 N–H and O–H groups in total. The Hall–Kier alpha value is -0.870. The van der Waals surface area contributed by atoms with E-state index in [1.165, 1.54) is 12.0 Å². The SMILES string of the molecule is C[C@@H](N)C(=O)NCC1(c2cccc(Br)c2)CCC1. The van der Waals surface area contributed by atoms with Crippen molar-refractivity contribution in [3.63, 3.8) is 0 Å². The Bertz CT molecular complexity index is 441. The number of hydrogen-bond donors (Lipinski definition) is 2. The van der Waals surface area contributed by atoms with E-state index in [-0.39, 0.29) is 11.3 Å². The van der Waals surface area contributed by atoms with Crippen molar-refractivity contribution in [1.29, 1.82) is 0 Å². The molecule has 0 saturated heterocycles. The lowest BCUT2D eigenvalue weighted by atomic mass is 9.64. The second-order valence-electron chi connectivity index (χ2n) is 5.15. The van der Waals surface area contributed by atoms with E-state index in [0.717, 1.165) is 17.3 Å². The maximum Gasteiger partial charge on any atom is 0.236 e. The van der Waals surface area contributed by atoms with Gasteiger partial charge in [-0.2, -0.15) is 0 Å². The minimum atomic E-state index is -0.440. The average molecular weight is 311 g/mol. The van der Waals surface area contributed by atoms with Crippen LogP contribution >= 0.6 is 15.9 Å². The molecule has 1 fully saturated rings. The van der Waals surface area contributed by atoms with Gasteiger partial charge in [0.2, 0.25) is 5.91 Å². The zero-order chi connectivity index (χ0) is 13.2. The van der Waals surface area contributed by atoms with Crippen LogP contribution in [0.2, 0.25) is 0 Å². The van der Waals surface area contributed by atoms with Gasteiger partial charge in [0.15, 0.2) is 0 Å². The molecular formula is C14H19BrN2O. The van der Waals surface area contributed by atoms with Gasteiger partial charge in [0.1, 0.15) is 0 Å². The lowest BCUT2D eigenvalue weighted by Crippen LogP contribution is -2.49. The summed E-state index contributed by atoms with van der Waals surface area (Å²) in [6, 6.07) is 7.92. The van der Waals surface area contributed by atoms with Gasteiger partial charge in [-0.3, -0.25) is 4.79 Å². The smallest absolute Gasteiger partial charge is 0.236 e. The summed E-state index contributed by atoms with van der Waals surface area (Å²) in [5.74, 6) is -0.0729. The first-order valence-corrected chi connectivity index (χ1v) is 7.12. The van der Waals surface area contributed by atoms with E-state index >= 15 is 0 Å². The van der Waals surface area contributed by atoms with E-state index in [1.807, 2.05) is 12.1 Å². The number of nitrogens with two attached hydrogens (primary N) is 1. The van der Waals surface area contributed by atoms with Crippen LogP contribution in [0.5, 0.6) is 0 Å². The lowest BCUT2D eigenvalue weighted by molar-refractivity contribution is -0.122. The van der Waals surface area contributed by atoms with Gasteiger partial charge in [-0.25, -0.2) is 0 Å². The van der Waals surface area contributed by atoms with Crippen molar-refractivity contribution < 1.29 is 4.79 Å². The van der Waals surface area contributed by atoms with Crippen LogP contribution in [0.1, 0.15) is 31.7 Å². The van der Waals surface area contributed by atoms with Crippen LogP contribution in [0.3, 0.4) is 0 Å². The highest BCUT2D eigenvalue weighted by Crippen LogP contribution is 2.43. The van der Waals surface area contributed by atoms with Crippen LogP contribution in [0.15, 0.2) is 28.7 Å². The zero-order valence-electron chi connectivity index (χ0n) is 10.6. The summed E-state index contributed by atoms with van der Waals surface area (Å²) < 4.78 is 1.09. The molecule has 0 spiro atoms. The topological polar surface area (TPSA) is 55.1 Å². The van der Waals surface area contributed by atoms with E-state index in [2.05, 4.69) is 33.4 Å². The van der Waals surface area contributed by atoms with Crippen molar-refractivity contribution in [3.8, 4) is 0 Å². The van der Waals surface area contributed by atoms with Crippen molar-refractivity contribution in [1.82, 2.24) is 5.32 Å². The van der Waals surface area contributed by atoms with Gasteiger partial charge in [-0.15, -0.1) is 0 Å². The molecule has 0 aliphatic heterocycles. The fourth-order valence-corrected chi connectivity index (χ4v) is 2.81. The molecule has 3 nitrogen and oxygen atoms in total. The highest BCUT2D eigenvalue weighted by atomic mass is 79.9. The molecule has 1 saturated carbocycles. The largest absolute Gasteiger partial charge is 0.354 e. The van der Waals surface area contributed by atoms with Gasteiger partial charge in [0, 0.05) is 16.4 Å². The third kappa shape index (κ3) is 2.75. The molecule has 1 aromatic rings. The number of halogens is 1. The van der Waals surface area contributed by atoms with Crippen LogP contribution in [-0.2, 0) is 10.2 Å². The lowest BCUT2D eigenvalue weighted by Gasteiger charge is -2.42. The fraction of sp³-hybridized carbons (Fsp3) is 0.500. The molecule has 2 rings (SSSR count). The maximum atomic E-state index is 11.6. The molecule has 98 valence electrons. The van der Waals surface area contributed by atoms with Gasteiger partial charge >= 0.3 is 0 Å². The molecule has 0 aromatic heterocycles. The predicted molar refractivity (Wildman–Crippen MR) is 76.3 cm³/mol. The van der Waals surface area contributed by atoms with E-state index in [4.69, 9.17) is 5.73 Å². The Balaban J connectivity index is 2.09. The molecule has 4 heteroatoms. The van der Waals surface area contributed by atoms with Gasteiger partial charge in [0.05, 0.1) is 6.04 Å².